The number of thiophene rings is 1. The van der Waals surface area contributed by atoms with Gasteiger partial charge in [-0.3, -0.25) is 9.59 Å². The summed E-state index contributed by atoms with van der Waals surface area (Å²) in [7, 11) is 0. The van der Waals surface area contributed by atoms with Crippen LogP contribution in [-0.4, -0.2) is 49.0 Å². The third kappa shape index (κ3) is 4.01. The third-order valence-corrected chi connectivity index (χ3v) is 7.74. The van der Waals surface area contributed by atoms with Crippen LogP contribution < -0.4 is 5.32 Å². The molecule has 0 spiro atoms. The summed E-state index contributed by atoms with van der Waals surface area (Å²) in [5.41, 5.74) is 2.99. The number of likely N-dealkylation sites (tertiary alicyclic amines) is 1. The second kappa shape index (κ2) is 8.92. The molecule has 2 amide bonds. The van der Waals surface area contributed by atoms with Crippen LogP contribution in [0.4, 0.5) is 5.13 Å². The lowest BCUT2D eigenvalue weighted by Gasteiger charge is -2.24. The summed E-state index contributed by atoms with van der Waals surface area (Å²) >= 11 is 3.07. The molecule has 10 heteroatoms. The maximum absolute atomic E-state index is 13.9. The minimum absolute atomic E-state index is 0.0946. The lowest BCUT2D eigenvalue weighted by molar-refractivity contribution is -0.119. The fourth-order valence-corrected chi connectivity index (χ4v) is 5.97. The smallest absolute Gasteiger partial charge is 0.255 e. The van der Waals surface area contributed by atoms with E-state index in [1.54, 1.807) is 28.6 Å². The molecular weight excluding hydrogens is 468 g/mol. The first kappa shape index (κ1) is 22.7. The Morgan fingerprint density at radius 2 is 2.06 bits per heavy atom. The Morgan fingerprint density at radius 3 is 2.74 bits per heavy atom. The molecule has 4 aromatic heterocycles. The van der Waals surface area contributed by atoms with E-state index in [4.69, 9.17) is 4.98 Å². The van der Waals surface area contributed by atoms with E-state index < -0.39 is 6.04 Å². The maximum Gasteiger partial charge on any atom is 0.255 e. The molecule has 0 bridgehead atoms. The number of rotatable bonds is 5. The number of carbonyl (C=O) groups is 2. The number of fused-ring (bicyclic) bond motifs is 1. The van der Waals surface area contributed by atoms with Crippen molar-refractivity contribution in [2.45, 2.75) is 52.6 Å². The zero-order valence-corrected chi connectivity index (χ0v) is 21.2. The fourth-order valence-electron chi connectivity index (χ4n) is 4.51. The first-order chi connectivity index (χ1) is 16.3. The molecule has 8 nitrogen and oxygen atoms in total. The zero-order chi connectivity index (χ0) is 24.0. The summed E-state index contributed by atoms with van der Waals surface area (Å²) in [5, 5.41) is 10.4. The number of nitrogens with one attached hydrogen (secondary N) is 1. The zero-order valence-electron chi connectivity index (χ0n) is 19.5. The average Bonchev–Trinajstić information content (AvgIpc) is 3.59. The summed E-state index contributed by atoms with van der Waals surface area (Å²) in [6.45, 7) is 8.76. The Balaban J connectivity index is 1.57. The van der Waals surface area contributed by atoms with E-state index in [0.29, 0.717) is 34.7 Å². The maximum atomic E-state index is 13.9. The number of aryl methyl sites for hydroxylation is 2. The van der Waals surface area contributed by atoms with Crippen LogP contribution in [0.25, 0.3) is 22.3 Å². The van der Waals surface area contributed by atoms with Crippen molar-refractivity contribution in [3.63, 3.8) is 0 Å². The molecule has 1 fully saturated rings. The number of hydrogen-bond donors (Lipinski definition) is 1. The van der Waals surface area contributed by atoms with Crippen LogP contribution in [0.15, 0.2) is 29.9 Å². The Morgan fingerprint density at radius 1 is 1.24 bits per heavy atom. The summed E-state index contributed by atoms with van der Waals surface area (Å²) in [5.74, 6) is -0.369. The van der Waals surface area contributed by atoms with Crippen molar-refractivity contribution in [2.75, 3.05) is 11.9 Å². The molecule has 1 saturated heterocycles. The van der Waals surface area contributed by atoms with Gasteiger partial charge < -0.3 is 10.2 Å². The molecule has 0 saturated carbocycles. The van der Waals surface area contributed by atoms with E-state index in [0.717, 1.165) is 22.6 Å². The predicted octanol–water partition coefficient (Wildman–Crippen LogP) is 5.06. The third-order valence-electron chi connectivity index (χ3n) is 6.08. The highest BCUT2D eigenvalue weighted by atomic mass is 32.1. The van der Waals surface area contributed by atoms with Crippen LogP contribution in [0.3, 0.4) is 0 Å². The van der Waals surface area contributed by atoms with Crippen molar-refractivity contribution < 1.29 is 9.59 Å². The molecule has 5 heterocycles. The quantitative estimate of drug-likeness (QED) is 0.419. The molecule has 0 aromatic carbocycles. The molecule has 0 radical (unpaired) electrons. The molecule has 5 rings (SSSR count). The van der Waals surface area contributed by atoms with E-state index in [1.807, 2.05) is 30.0 Å². The van der Waals surface area contributed by atoms with Crippen molar-refractivity contribution in [3.8, 4) is 11.3 Å². The number of thiazole rings is 1. The van der Waals surface area contributed by atoms with Crippen molar-refractivity contribution in [3.05, 3.63) is 45.2 Å². The monoisotopic (exact) mass is 494 g/mol. The van der Waals surface area contributed by atoms with Gasteiger partial charge in [-0.25, -0.2) is 14.6 Å². The van der Waals surface area contributed by atoms with Gasteiger partial charge in [0, 0.05) is 39.5 Å². The van der Waals surface area contributed by atoms with Gasteiger partial charge >= 0.3 is 0 Å². The molecule has 1 aliphatic rings. The predicted molar refractivity (Wildman–Crippen MR) is 136 cm³/mol. The molecule has 1 unspecified atom stereocenters. The Labute approximate surface area is 205 Å². The topological polar surface area (TPSA) is 93.0 Å². The van der Waals surface area contributed by atoms with E-state index in [2.05, 4.69) is 35.3 Å². The Kier molecular flexibility index (Phi) is 5.95. The molecular formula is C24H26N6O2S2. The van der Waals surface area contributed by atoms with Crippen LogP contribution in [0.5, 0.6) is 0 Å². The molecule has 1 atom stereocenters. The van der Waals surface area contributed by atoms with Gasteiger partial charge in [-0.2, -0.15) is 5.10 Å². The summed E-state index contributed by atoms with van der Waals surface area (Å²) in [4.78, 5) is 40.0. The number of carbonyl (C=O) groups excluding carboxylic acids is 2. The van der Waals surface area contributed by atoms with Gasteiger partial charge in [-0.1, -0.05) is 0 Å². The molecule has 0 aliphatic carbocycles. The highest BCUT2D eigenvalue weighted by molar-refractivity contribution is 7.13. The lowest BCUT2D eigenvalue weighted by atomic mass is 10.1. The van der Waals surface area contributed by atoms with Crippen LogP contribution in [0.2, 0.25) is 0 Å². The molecule has 34 heavy (non-hydrogen) atoms. The second-order valence-electron chi connectivity index (χ2n) is 8.79. The normalized spacial score (nSPS) is 16.0. The van der Waals surface area contributed by atoms with E-state index in [1.165, 1.54) is 16.2 Å². The van der Waals surface area contributed by atoms with Gasteiger partial charge in [0.25, 0.3) is 5.91 Å². The van der Waals surface area contributed by atoms with E-state index in [9.17, 15) is 9.59 Å². The molecule has 1 aliphatic heterocycles. The van der Waals surface area contributed by atoms with E-state index >= 15 is 0 Å². The van der Waals surface area contributed by atoms with Gasteiger partial charge in [-0.05, 0) is 52.7 Å². The number of hydrogen-bond acceptors (Lipinski definition) is 7. The highest BCUT2D eigenvalue weighted by Crippen LogP contribution is 2.34. The van der Waals surface area contributed by atoms with Crippen LogP contribution >= 0.6 is 22.7 Å². The van der Waals surface area contributed by atoms with E-state index in [-0.39, 0.29) is 17.9 Å². The van der Waals surface area contributed by atoms with Gasteiger partial charge in [0.2, 0.25) is 5.91 Å². The van der Waals surface area contributed by atoms with Crippen LogP contribution in [-0.2, 0) is 4.79 Å². The SMILES string of the molecule is Cc1cc(-c2cc(C(=O)N3CCCC3C(=O)Nc3nccs3)c3cnn(C(C)C)c3n2)c(C)s1. The number of anilines is 1. The lowest BCUT2D eigenvalue weighted by Crippen LogP contribution is -2.43. The average molecular weight is 495 g/mol. The van der Waals surface area contributed by atoms with Crippen LogP contribution in [0, 0.1) is 13.8 Å². The minimum atomic E-state index is -0.534. The van der Waals surface area contributed by atoms with Gasteiger partial charge in [0.15, 0.2) is 10.8 Å². The highest BCUT2D eigenvalue weighted by Gasteiger charge is 2.36. The number of nitrogens with zero attached hydrogens (tertiary/aromatic N) is 5. The summed E-state index contributed by atoms with van der Waals surface area (Å²) in [6.07, 6.45) is 4.76. The first-order valence-corrected chi connectivity index (χ1v) is 13.0. The van der Waals surface area contributed by atoms with Gasteiger partial charge in [0.1, 0.15) is 6.04 Å². The van der Waals surface area contributed by atoms with Crippen molar-refractivity contribution >= 4 is 50.7 Å². The molecule has 176 valence electrons. The second-order valence-corrected chi connectivity index (χ2v) is 11.1. The summed E-state index contributed by atoms with van der Waals surface area (Å²) in [6, 6.07) is 3.53. The van der Waals surface area contributed by atoms with Crippen molar-refractivity contribution in [1.82, 2.24) is 24.6 Å². The fraction of sp³-hybridized carbons (Fsp3) is 0.375. The largest absolute Gasteiger partial charge is 0.327 e. The minimum Gasteiger partial charge on any atom is -0.327 e. The van der Waals surface area contributed by atoms with Gasteiger partial charge in [-0.15, -0.1) is 22.7 Å². The Hall–Kier alpha value is -3.11. The Bertz CT molecular complexity index is 1370. The summed E-state index contributed by atoms with van der Waals surface area (Å²) < 4.78 is 1.85. The molecule has 1 N–H and O–H groups in total. The number of amides is 2. The first-order valence-electron chi connectivity index (χ1n) is 11.3. The van der Waals surface area contributed by atoms with Gasteiger partial charge in [0.05, 0.1) is 22.8 Å². The van der Waals surface area contributed by atoms with Crippen molar-refractivity contribution in [2.24, 2.45) is 0 Å². The van der Waals surface area contributed by atoms with Crippen LogP contribution in [0.1, 0.15) is 52.8 Å². The number of aromatic nitrogens is 4. The molecule has 4 aromatic rings. The standard InChI is InChI=1S/C24H26N6O2S2/c1-13(2)30-21-18(12-26-30)17(11-19(27-21)16-10-14(3)34-15(16)4)23(32)29-8-5-6-20(29)22(31)28-24-25-7-9-33-24/h7,9-13,20H,5-6,8H2,1-4H3,(H,25,28,31). The number of pyridine rings is 1. The van der Waals surface area contributed by atoms with Crippen molar-refractivity contribution in [1.29, 1.82) is 0 Å².